The van der Waals surface area contributed by atoms with Crippen molar-refractivity contribution in [1.29, 1.82) is 0 Å². The number of ether oxygens (including phenoxy) is 1. The summed E-state index contributed by atoms with van der Waals surface area (Å²) in [5.74, 6) is 1.19. The largest absolute Gasteiger partial charge is 0.425 e. The van der Waals surface area contributed by atoms with Crippen molar-refractivity contribution in [3.8, 4) is 5.75 Å². The van der Waals surface area contributed by atoms with Gasteiger partial charge in [0.15, 0.2) is 0 Å². The SMILES string of the molecule is O=C(Oc1ccccc1)[C@H]1C[C@H]2CCC[C@H]2N1. The summed E-state index contributed by atoms with van der Waals surface area (Å²) >= 11 is 0. The van der Waals surface area contributed by atoms with E-state index in [1.807, 2.05) is 30.3 Å². The first-order valence-electron chi connectivity index (χ1n) is 6.36. The molecule has 0 bridgehead atoms. The van der Waals surface area contributed by atoms with Crippen molar-refractivity contribution in [3.63, 3.8) is 0 Å². The molecule has 1 N–H and O–H groups in total. The highest BCUT2D eigenvalue weighted by Gasteiger charge is 2.40. The molecule has 0 aromatic heterocycles. The molecule has 2 fully saturated rings. The maximum Gasteiger partial charge on any atom is 0.328 e. The molecule has 3 nitrogen and oxygen atoms in total. The predicted octanol–water partition coefficient (Wildman–Crippen LogP) is 2.12. The van der Waals surface area contributed by atoms with Crippen LogP contribution in [0.4, 0.5) is 0 Å². The minimum absolute atomic E-state index is 0.106. The van der Waals surface area contributed by atoms with Gasteiger partial charge < -0.3 is 10.1 Å². The molecule has 1 saturated heterocycles. The van der Waals surface area contributed by atoms with Gasteiger partial charge in [0, 0.05) is 6.04 Å². The zero-order valence-electron chi connectivity index (χ0n) is 9.76. The molecule has 3 heteroatoms. The first-order valence-corrected chi connectivity index (χ1v) is 6.36. The lowest BCUT2D eigenvalue weighted by atomic mass is 10.0. The van der Waals surface area contributed by atoms with E-state index in [2.05, 4.69) is 5.32 Å². The number of carbonyl (C=O) groups is 1. The Labute approximate surface area is 101 Å². The number of carbonyl (C=O) groups excluding carboxylic acids is 1. The van der Waals surface area contributed by atoms with Crippen LogP contribution in [-0.4, -0.2) is 18.1 Å². The van der Waals surface area contributed by atoms with Gasteiger partial charge in [0.25, 0.3) is 0 Å². The summed E-state index contributed by atoms with van der Waals surface area (Å²) in [6.45, 7) is 0. The Bertz CT molecular complexity index is 392. The normalized spacial score (nSPS) is 31.2. The van der Waals surface area contributed by atoms with Crippen LogP contribution >= 0.6 is 0 Å². The molecule has 1 aromatic carbocycles. The molecular weight excluding hydrogens is 214 g/mol. The van der Waals surface area contributed by atoms with Crippen LogP contribution in [0.2, 0.25) is 0 Å². The molecule has 1 aromatic rings. The monoisotopic (exact) mass is 231 g/mol. The van der Waals surface area contributed by atoms with Gasteiger partial charge in [0.1, 0.15) is 11.8 Å². The maximum absolute atomic E-state index is 12.0. The summed E-state index contributed by atoms with van der Waals surface area (Å²) in [5, 5.41) is 3.40. The molecule has 90 valence electrons. The van der Waals surface area contributed by atoms with E-state index in [0.29, 0.717) is 17.7 Å². The van der Waals surface area contributed by atoms with Gasteiger partial charge in [0.2, 0.25) is 0 Å². The molecule has 17 heavy (non-hydrogen) atoms. The number of hydrogen-bond acceptors (Lipinski definition) is 3. The fourth-order valence-electron chi connectivity index (χ4n) is 3.01. The Balaban J connectivity index is 1.61. The van der Waals surface area contributed by atoms with Crippen molar-refractivity contribution in [2.24, 2.45) is 5.92 Å². The summed E-state index contributed by atoms with van der Waals surface area (Å²) in [4.78, 5) is 12.0. The molecule has 1 aliphatic heterocycles. The number of esters is 1. The van der Waals surface area contributed by atoms with Crippen molar-refractivity contribution >= 4 is 5.97 Å². The number of fused-ring (bicyclic) bond motifs is 1. The second-order valence-corrected chi connectivity index (χ2v) is 4.99. The Morgan fingerprint density at radius 3 is 2.82 bits per heavy atom. The average molecular weight is 231 g/mol. The summed E-state index contributed by atoms with van der Waals surface area (Å²) < 4.78 is 5.36. The Kier molecular flexibility index (Phi) is 2.85. The molecule has 3 atom stereocenters. The first kappa shape index (κ1) is 10.8. The minimum atomic E-state index is -0.134. The fraction of sp³-hybridized carbons (Fsp3) is 0.500. The van der Waals surface area contributed by atoms with E-state index in [4.69, 9.17) is 4.74 Å². The van der Waals surface area contributed by atoms with Crippen molar-refractivity contribution in [1.82, 2.24) is 5.32 Å². The molecule has 0 radical (unpaired) electrons. The highest BCUT2D eigenvalue weighted by atomic mass is 16.5. The van der Waals surface area contributed by atoms with Crippen LogP contribution in [0.3, 0.4) is 0 Å². The summed E-state index contributed by atoms with van der Waals surface area (Å²) in [5.41, 5.74) is 0. The van der Waals surface area contributed by atoms with E-state index < -0.39 is 0 Å². The maximum atomic E-state index is 12.0. The van der Waals surface area contributed by atoms with E-state index >= 15 is 0 Å². The van der Waals surface area contributed by atoms with Crippen molar-refractivity contribution in [3.05, 3.63) is 30.3 Å². The Hall–Kier alpha value is -1.35. The van der Waals surface area contributed by atoms with Gasteiger partial charge in [-0.1, -0.05) is 24.6 Å². The van der Waals surface area contributed by atoms with E-state index in [9.17, 15) is 4.79 Å². The van der Waals surface area contributed by atoms with Crippen LogP contribution in [0.15, 0.2) is 30.3 Å². The lowest BCUT2D eigenvalue weighted by Crippen LogP contribution is -2.37. The first-order chi connectivity index (χ1) is 8.33. The van der Waals surface area contributed by atoms with Crippen LogP contribution < -0.4 is 10.1 Å². The van der Waals surface area contributed by atoms with Gasteiger partial charge in [-0.25, -0.2) is 4.79 Å². The molecule has 1 heterocycles. The lowest BCUT2D eigenvalue weighted by Gasteiger charge is -2.12. The highest BCUT2D eigenvalue weighted by Crippen LogP contribution is 2.34. The summed E-state index contributed by atoms with van der Waals surface area (Å²) in [6.07, 6.45) is 4.70. The third-order valence-electron chi connectivity index (χ3n) is 3.86. The van der Waals surface area contributed by atoms with Crippen LogP contribution in [0.5, 0.6) is 5.75 Å². The molecular formula is C14H17NO2. The van der Waals surface area contributed by atoms with Crippen molar-refractivity contribution < 1.29 is 9.53 Å². The third kappa shape index (κ3) is 2.20. The summed E-state index contributed by atoms with van der Waals surface area (Å²) in [7, 11) is 0. The molecule has 3 rings (SSSR count). The molecule has 0 spiro atoms. The quantitative estimate of drug-likeness (QED) is 0.626. The van der Waals surface area contributed by atoms with Gasteiger partial charge in [-0.15, -0.1) is 0 Å². The smallest absolute Gasteiger partial charge is 0.328 e. The van der Waals surface area contributed by atoms with Gasteiger partial charge in [-0.05, 0) is 37.3 Å². The van der Waals surface area contributed by atoms with Crippen molar-refractivity contribution in [2.75, 3.05) is 0 Å². The van der Waals surface area contributed by atoms with Crippen LogP contribution in [0.1, 0.15) is 25.7 Å². The Morgan fingerprint density at radius 1 is 1.24 bits per heavy atom. The van der Waals surface area contributed by atoms with Gasteiger partial charge in [0.05, 0.1) is 0 Å². The van der Waals surface area contributed by atoms with E-state index in [1.54, 1.807) is 0 Å². The minimum Gasteiger partial charge on any atom is -0.425 e. The summed E-state index contributed by atoms with van der Waals surface area (Å²) in [6, 6.07) is 9.73. The molecule has 1 saturated carbocycles. The van der Waals surface area contributed by atoms with Crippen LogP contribution in [-0.2, 0) is 4.79 Å². The number of nitrogens with one attached hydrogen (secondary N) is 1. The average Bonchev–Trinajstić information content (AvgIpc) is 2.90. The van der Waals surface area contributed by atoms with Crippen LogP contribution in [0, 0.1) is 5.92 Å². The highest BCUT2D eigenvalue weighted by molar-refractivity contribution is 5.78. The van der Waals surface area contributed by atoms with E-state index in [1.165, 1.54) is 19.3 Å². The standard InChI is InChI=1S/C14H17NO2/c16-14(17-11-6-2-1-3-7-11)13-9-10-5-4-8-12(10)15-13/h1-3,6-7,10,12-13,15H,4-5,8-9H2/t10-,12-,13-/m1/s1. The Morgan fingerprint density at radius 2 is 2.06 bits per heavy atom. The second kappa shape index (κ2) is 4.49. The molecule has 2 aliphatic rings. The zero-order valence-corrected chi connectivity index (χ0v) is 9.76. The van der Waals surface area contributed by atoms with Gasteiger partial charge >= 0.3 is 5.97 Å². The molecule has 0 amide bonds. The topological polar surface area (TPSA) is 38.3 Å². The van der Waals surface area contributed by atoms with E-state index in [0.717, 1.165) is 6.42 Å². The van der Waals surface area contributed by atoms with Crippen LogP contribution in [0.25, 0.3) is 0 Å². The zero-order chi connectivity index (χ0) is 11.7. The molecule has 1 aliphatic carbocycles. The third-order valence-corrected chi connectivity index (χ3v) is 3.86. The second-order valence-electron chi connectivity index (χ2n) is 4.99. The fourth-order valence-corrected chi connectivity index (χ4v) is 3.01. The number of benzene rings is 1. The lowest BCUT2D eigenvalue weighted by molar-refractivity contribution is -0.136. The van der Waals surface area contributed by atoms with Crippen molar-refractivity contribution in [2.45, 2.75) is 37.8 Å². The number of hydrogen-bond donors (Lipinski definition) is 1. The van der Waals surface area contributed by atoms with Gasteiger partial charge in [-0.3, -0.25) is 0 Å². The van der Waals surface area contributed by atoms with E-state index in [-0.39, 0.29) is 12.0 Å². The molecule has 0 unspecified atom stereocenters. The predicted molar refractivity (Wildman–Crippen MR) is 64.7 cm³/mol. The number of para-hydroxylation sites is 1. The number of rotatable bonds is 2. The van der Waals surface area contributed by atoms with Gasteiger partial charge in [-0.2, -0.15) is 0 Å².